The van der Waals surface area contributed by atoms with Crippen LogP contribution in [0.1, 0.15) is 11.1 Å². The molecule has 1 amide bonds. The second-order valence-electron chi connectivity index (χ2n) is 5.89. The van der Waals surface area contributed by atoms with Crippen molar-refractivity contribution in [2.24, 2.45) is 0 Å². The molecular formula is C18H16N4O2S. The van der Waals surface area contributed by atoms with Crippen molar-refractivity contribution in [2.45, 2.75) is 18.5 Å². The molecule has 0 fully saturated rings. The number of thioether (sulfide) groups is 1. The van der Waals surface area contributed by atoms with E-state index in [1.165, 1.54) is 21.7 Å². The van der Waals surface area contributed by atoms with Crippen molar-refractivity contribution in [3.8, 4) is 0 Å². The largest absolute Gasteiger partial charge is 0.355 e. The van der Waals surface area contributed by atoms with Gasteiger partial charge >= 0.3 is 5.69 Å². The normalized spacial score (nSPS) is 13.2. The monoisotopic (exact) mass is 352 g/mol. The average molecular weight is 352 g/mol. The summed E-state index contributed by atoms with van der Waals surface area (Å²) in [6.45, 7) is 2.58. The van der Waals surface area contributed by atoms with Gasteiger partial charge in [0.1, 0.15) is 5.65 Å². The molecule has 0 N–H and O–H groups in total. The van der Waals surface area contributed by atoms with Gasteiger partial charge in [-0.3, -0.25) is 9.20 Å². The number of hydrogen-bond acceptors (Lipinski definition) is 5. The summed E-state index contributed by atoms with van der Waals surface area (Å²) in [5, 5.41) is 0.333. The van der Waals surface area contributed by atoms with E-state index in [-0.39, 0.29) is 17.3 Å². The Morgan fingerprint density at radius 3 is 2.92 bits per heavy atom. The maximum atomic E-state index is 12.6. The lowest BCUT2D eigenvalue weighted by Gasteiger charge is -2.16. The number of hydrogen-bond donors (Lipinski definition) is 0. The highest BCUT2D eigenvalue weighted by molar-refractivity contribution is 7.99. The van der Waals surface area contributed by atoms with E-state index in [2.05, 4.69) is 9.97 Å². The summed E-state index contributed by atoms with van der Waals surface area (Å²) in [6.07, 6.45) is 2.52. The molecule has 0 unspecified atom stereocenters. The topological polar surface area (TPSA) is 67.6 Å². The molecule has 0 spiro atoms. The minimum absolute atomic E-state index is 0.00327. The first-order valence-electron chi connectivity index (χ1n) is 8.00. The van der Waals surface area contributed by atoms with Gasteiger partial charge in [0.15, 0.2) is 5.16 Å². The van der Waals surface area contributed by atoms with Gasteiger partial charge in [0.05, 0.1) is 5.75 Å². The van der Waals surface area contributed by atoms with Crippen molar-refractivity contribution in [3.05, 3.63) is 64.2 Å². The Hall–Kier alpha value is -2.67. The van der Waals surface area contributed by atoms with Crippen LogP contribution in [0.15, 0.2) is 52.5 Å². The second-order valence-corrected chi connectivity index (χ2v) is 6.83. The molecular weight excluding hydrogens is 336 g/mol. The lowest BCUT2D eigenvalue weighted by atomic mass is 10.2. The lowest BCUT2D eigenvalue weighted by Crippen LogP contribution is -2.30. The fraction of sp³-hybridized carbons (Fsp3) is 0.222. The van der Waals surface area contributed by atoms with Crippen LogP contribution in [0.2, 0.25) is 0 Å². The average Bonchev–Trinajstić information content (AvgIpc) is 3.05. The van der Waals surface area contributed by atoms with Crippen molar-refractivity contribution in [3.63, 3.8) is 0 Å². The van der Waals surface area contributed by atoms with E-state index in [0.717, 1.165) is 17.7 Å². The zero-order valence-corrected chi connectivity index (χ0v) is 14.5. The number of carbonyl (C=O) groups is 1. The summed E-state index contributed by atoms with van der Waals surface area (Å²) in [6, 6.07) is 11.6. The maximum Gasteiger partial charge on any atom is 0.355 e. The predicted molar refractivity (Wildman–Crippen MR) is 97.2 cm³/mol. The Kier molecular flexibility index (Phi) is 4.01. The van der Waals surface area contributed by atoms with Gasteiger partial charge in [-0.2, -0.15) is 4.98 Å². The van der Waals surface area contributed by atoms with Gasteiger partial charge in [0.25, 0.3) is 0 Å². The van der Waals surface area contributed by atoms with Crippen molar-refractivity contribution >= 4 is 29.0 Å². The summed E-state index contributed by atoms with van der Waals surface area (Å²) in [5.41, 5.74) is 3.25. The Labute approximate surface area is 148 Å². The molecule has 2 aromatic heterocycles. The summed E-state index contributed by atoms with van der Waals surface area (Å²) < 4.78 is 1.41. The first-order valence-corrected chi connectivity index (χ1v) is 8.99. The second kappa shape index (κ2) is 6.33. The number of aromatic nitrogens is 3. The molecule has 1 aromatic carbocycles. The third kappa shape index (κ3) is 2.91. The van der Waals surface area contributed by atoms with Crippen molar-refractivity contribution in [1.29, 1.82) is 0 Å². The van der Waals surface area contributed by atoms with E-state index in [0.29, 0.717) is 17.3 Å². The minimum atomic E-state index is -0.379. The van der Waals surface area contributed by atoms with Gasteiger partial charge in [-0.25, -0.2) is 9.78 Å². The predicted octanol–water partition coefficient (Wildman–Crippen LogP) is 2.08. The molecule has 25 heavy (non-hydrogen) atoms. The summed E-state index contributed by atoms with van der Waals surface area (Å²) >= 11 is 1.20. The van der Waals surface area contributed by atoms with E-state index in [9.17, 15) is 9.59 Å². The molecule has 126 valence electrons. The number of nitrogens with zero attached hydrogens (tertiary/aromatic N) is 4. The third-order valence-corrected chi connectivity index (χ3v) is 5.11. The van der Waals surface area contributed by atoms with Gasteiger partial charge in [0.2, 0.25) is 5.91 Å². The maximum absolute atomic E-state index is 12.6. The Balaban J connectivity index is 1.54. The first kappa shape index (κ1) is 15.8. The molecule has 4 rings (SSSR count). The van der Waals surface area contributed by atoms with Crippen LogP contribution in [0.3, 0.4) is 0 Å². The number of rotatable bonds is 3. The quantitative estimate of drug-likeness (QED) is 0.675. The van der Waals surface area contributed by atoms with Crippen molar-refractivity contribution < 1.29 is 4.79 Å². The number of para-hydroxylation sites is 1. The molecule has 0 saturated carbocycles. The van der Waals surface area contributed by atoms with Crippen LogP contribution in [-0.2, 0) is 11.2 Å². The van der Waals surface area contributed by atoms with E-state index in [1.54, 1.807) is 17.2 Å². The molecule has 0 aliphatic carbocycles. The zero-order valence-electron chi connectivity index (χ0n) is 13.7. The molecule has 3 heterocycles. The van der Waals surface area contributed by atoms with Gasteiger partial charge in [-0.05, 0) is 36.6 Å². The van der Waals surface area contributed by atoms with Crippen molar-refractivity contribution in [1.82, 2.24) is 14.4 Å². The smallest absolute Gasteiger partial charge is 0.311 e. The standard InChI is InChI=1S/C18H16N4O2S/c1-12-5-4-9-22-16(12)19-17(20-18(22)24)25-11-15(23)21-10-8-13-6-2-3-7-14(13)21/h2-7,9H,8,10-11H2,1H3. The molecule has 0 atom stereocenters. The van der Waals surface area contributed by atoms with E-state index >= 15 is 0 Å². The highest BCUT2D eigenvalue weighted by Gasteiger charge is 2.24. The number of aryl methyl sites for hydroxylation is 1. The first-order chi connectivity index (χ1) is 12.1. The highest BCUT2D eigenvalue weighted by atomic mass is 32.2. The molecule has 0 radical (unpaired) electrons. The van der Waals surface area contributed by atoms with Gasteiger partial charge < -0.3 is 4.90 Å². The summed E-state index contributed by atoms with van der Waals surface area (Å²) in [7, 11) is 0. The molecule has 1 aliphatic rings. The lowest BCUT2D eigenvalue weighted by molar-refractivity contribution is -0.116. The number of amides is 1. The summed E-state index contributed by atoms with van der Waals surface area (Å²) in [4.78, 5) is 34.9. The molecule has 0 saturated heterocycles. The van der Waals surface area contributed by atoms with Crippen LogP contribution in [0.25, 0.3) is 5.65 Å². The highest BCUT2D eigenvalue weighted by Crippen LogP contribution is 2.28. The van der Waals surface area contributed by atoms with Gasteiger partial charge in [-0.1, -0.05) is 36.0 Å². The van der Waals surface area contributed by atoms with Crippen LogP contribution in [0.4, 0.5) is 5.69 Å². The SMILES string of the molecule is Cc1cccn2c(=O)nc(SCC(=O)N3CCc4ccccc43)nc12. The van der Waals surface area contributed by atoms with Gasteiger partial charge in [-0.15, -0.1) is 0 Å². The zero-order chi connectivity index (χ0) is 17.4. The Morgan fingerprint density at radius 2 is 2.04 bits per heavy atom. The number of fused-ring (bicyclic) bond motifs is 2. The molecule has 6 nitrogen and oxygen atoms in total. The van der Waals surface area contributed by atoms with Crippen LogP contribution >= 0.6 is 11.8 Å². The van der Waals surface area contributed by atoms with E-state index < -0.39 is 0 Å². The van der Waals surface area contributed by atoms with Crippen LogP contribution < -0.4 is 10.6 Å². The number of carbonyl (C=O) groups excluding carboxylic acids is 1. The fourth-order valence-electron chi connectivity index (χ4n) is 3.02. The number of pyridine rings is 1. The Morgan fingerprint density at radius 1 is 1.20 bits per heavy atom. The Bertz CT molecular complexity index is 1030. The summed E-state index contributed by atoms with van der Waals surface area (Å²) in [5.74, 6) is 0.207. The number of anilines is 1. The van der Waals surface area contributed by atoms with Crippen LogP contribution in [-0.4, -0.2) is 32.6 Å². The molecule has 0 bridgehead atoms. The van der Waals surface area contributed by atoms with Gasteiger partial charge in [0, 0.05) is 18.4 Å². The molecule has 1 aliphatic heterocycles. The fourth-order valence-corrected chi connectivity index (χ4v) is 3.72. The van der Waals surface area contributed by atoms with Crippen LogP contribution in [0.5, 0.6) is 0 Å². The minimum Gasteiger partial charge on any atom is -0.311 e. The van der Waals surface area contributed by atoms with E-state index in [4.69, 9.17) is 0 Å². The number of benzene rings is 1. The molecule has 3 aromatic rings. The third-order valence-electron chi connectivity index (χ3n) is 4.27. The van der Waals surface area contributed by atoms with E-state index in [1.807, 2.05) is 37.3 Å². The molecule has 7 heteroatoms. The van der Waals surface area contributed by atoms with Crippen LogP contribution in [0, 0.1) is 6.92 Å². The van der Waals surface area contributed by atoms with Crippen molar-refractivity contribution in [2.75, 3.05) is 17.2 Å².